The van der Waals surface area contributed by atoms with E-state index in [1.54, 1.807) is 11.3 Å². The maximum Gasteiger partial charge on any atom is 0.306 e. The molecule has 7 heteroatoms. The summed E-state index contributed by atoms with van der Waals surface area (Å²) in [6.45, 7) is 7.45. The van der Waals surface area contributed by atoms with Gasteiger partial charge in [0, 0.05) is 34.0 Å². The van der Waals surface area contributed by atoms with Gasteiger partial charge in [0.25, 0.3) is 5.91 Å². The highest BCUT2D eigenvalue weighted by Crippen LogP contribution is 2.22. The van der Waals surface area contributed by atoms with E-state index in [4.69, 9.17) is 10.00 Å². The molecule has 0 atom stereocenters. The monoisotopic (exact) mass is 426 g/mol. The van der Waals surface area contributed by atoms with Crippen molar-refractivity contribution in [3.63, 3.8) is 0 Å². The highest BCUT2D eigenvalue weighted by atomic mass is 32.1. The number of thiophene rings is 1. The average Bonchev–Trinajstić information content (AvgIpc) is 3.02. The van der Waals surface area contributed by atoms with Crippen molar-refractivity contribution >= 4 is 34.7 Å². The van der Waals surface area contributed by atoms with Gasteiger partial charge in [-0.05, 0) is 57.0 Å². The Hall–Kier alpha value is -2.98. The number of amides is 1. The normalized spacial score (nSPS) is 10.4. The number of ether oxygens (including phenoxy) is 1. The van der Waals surface area contributed by atoms with E-state index in [2.05, 4.69) is 0 Å². The lowest BCUT2D eigenvalue weighted by Gasteiger charge is -2.22. The number of ketones is 1. The number of benzene rings is 1. The van der Waals surface area contributed by atoms with Gasteiger partial charge in [-0.15, -0.1) is 11.3 Å². The van der Waals surface area contributed by atoms with Gasteiger partial charge < -0.3 is 9.64 Å². The van der Waals surface area contributed by atoms with Crippen LogP contribution in [-0.2, 0) is 14.3 Å². The van der Waals surface area contributed by atoms with Crippen LogP contribution in [-0.4, -0.2) is 30.8 Å². The van der Waals surface area contributed by atoms with E-state index >= 15 is 0 Å². The first-order valence-electron chi connectivity index (χ1n) is 9.72. The number of carbonyl (C=O) groups excluding carboxylic acids is 3. The molecular formula is C23H26N2O4S. The van der Waals surface area contributed by atoms with Crippen molar-refractivity contribution in [3.05, 3.63) is 50.7 Å². The van der Waals surface area contributed by atoms with Crippen LogP contribution in [0.15, 0.2) is 24.3 Å². The zero-order valence-corrected chi connectivity index (χ0v) is 18.6. The molecule has 1 heterocycles. The van der Waals surface area contributed by atoms with Crippen LogP contribution >= 0.6 is 11.3 Å². The molecule has 1 aromatic carbocycles. The van der Waals surface area contributed by atoms with E-state index in [1.807, 2.05) is 58.0 Å². The molecule has 30 heavy (non-hydrogen) atoms. The number of anilines is 1. The summed E-state index contributed by atoms with van der Waals surface area (Å²) < 4.78 is 5.11. The van der Waals surface area contributed by atoms with E-state index in [0.29, 0.717) is 11.3 Å². The molecule has 1 amide bonds. The van der Waals surface area contributed by atoms with Crippen LogP contribution in [0, 0.1) is 39.0 Å². The van der Waals surface area contributed by atoms with Crippen LogP contribution in [0.4, 0.5) is 5.69 Å². The zero-order valence-electron chi connectivity index (χ0n) is 17.8. The molecule has 0 aliphatic rings. The summed E-state index contributed by atoms with van der Waals surface area (Å²) in [6, 6.07) is 9.56. The van der Waals surface area contributed by atoms with E-state index in [0.717, 1.165) is 20.9 Å². The first-order valence-corrected chi connectivity index (χ1v) is 10.5. The van der Waals surface area contributed by atoms with Gasteiger partial charge in [-0.25, -0.2) is 0 Å². The van der Waals surface area contributed by atoms with Crippen molar-refractivity contribution in [2.45, 2.75) is 47.0 Å². The Bertz CT molecular complexity index is 967. The van der Waals surface area contributed by atoms with Crippen molar-refractivity contribution in [2.75, 3.05) is 18.1 Å². The first-order chi connectivity index (χ1) is 14.2. The first kappa shape index (κ1) is 23.3. The minimum Gasteiger partial charge on any atom is -0.456 e. The number of aryl methyl sites for hydroxylation is 4. The number of hydrogen-bond donors (Lipinski definition) is 0. The number of nitrogens with zero attached hydrogens (tertiary/aromatic N) is 2. The SMILES string of the molecule is Cc1cc(C)cc(N(CCC#N)C(=O)COC(=O)CCC(=O)c2cc(C)sc2C)c1. The Morgan fingerprint density at radius 1 is 1.03 bits per heavy atom. The number of carbonyl (C=O) groups is 3. The van der Waals surface area contributed by atoms with Crippen molar-refractivity contribution < 1.29 is 19.1 Å². The fraction of sp³-hybridized carbons (Fsp3) is 0.391. The van der Waals surface area contributed by atoms with Crippen LogP contribution in [0.3, 0.4) is 0 Å². The molecular weight excluding hydrogens is 400 g/mol. The molecule has 0 bridgehead atoms. The molecule has 0 fully saturated rings. The van der Waals surface area contributed by atoms with Crippen molar-refractivity contribution in [2.24, 2.45) is 0 Å². The quantitative estimate of drug-likeness (QED) is 0.437. The number of esters is 1. The minimum atomic E-state index is -0.595. The zero-order chi connectivity index (χ0) is 22.3. The molecule has 158 valence electrons. The van der Waals surface area contributed by atoms with Gasteiger partial charge >= 0.3 is 5.97 Å². The van der Waals surface area contributed by atoms with Crippen LogP contribution in [0.1, 0.15) is 50.5 Å². The van der Waals surface area contributed by atoms with E-state index in [9.17, 15) is 14.4 Å². The summed E-state index contributed by atoms with van der Waals surface area (Å²) >= 11 is 1.55. The third kappa shape index (κ3) is 6.53. The summed E-state index contributed by atoms with van der Waals surface area (Å²) in [5.41, 5.74) is 3.30. The van der Waals surface area contributed by atoms with Crippen LogP contribution in [0.5, 0.6) is 0 Å². The fourth-order valence-corrected chi connectivity index (χ4v) is 4.16. The van der Waals surface area contributed by atoms with Gasteiger partial charge in [0.05, 0.1) is 18.9 Å². The van der Waals surface area contributed by atoms with Gasteiger partial charge in [-0.3, -0.25) is 14.4 Å². The Morgan fingerprint density at radius 3 is 2.27 bits per heavy atom. The molecule has 2 aromatic rings. The standard InChI is InChI=1S/C23H26N2O4S/c1-15-10-16(2)12-19(11-15)25(9-5-8-24)22(27)14-29-23(28)7-6-21(26)20-13-17(3)30-18(20)4/h10-13H,5-7,9,14H2,1-4H3. The number of rotatable bonds is 9. The highest BCUT2D eigenvalue weighted by Gasteiger charge is 2.19. The lowest BCUT2D eigenvalue weighted by Crippen LogP contribution is -2.35. The van der Waals surface area contributed by atoms with E-state index in [1.165, 1.54) is 4.90 Å². The maximum atomic E-state index is 12.7. The van der Waals surface area contributed by atoms with Crippen LogP contribution in [0.25, 0.3) is 0 Å². The van der Waals surface area contributed by atoms with Crippen molar-refractivity contribution in [1.82, 2.24) is 0 Å². The number of hydrogen-bond acceptors (Lipinski definition) is 6. The van der Waals surface area contributed by atoms with Gasteiger partial charge in [0.15, 0.2) is 12.4 Å². The largest absolute Gasteiger partial charge is 0.456 e. The molecule has 2 rings (SSSR count). The summed E-state index contributed by atoms with van der Waals surface area (Å²) in [6.07, 6.45) is 0.127. The lowest BCUT2D eigenvalue weighted by atomic mass is 10.1. The predicted molar refractivity (Wildman–Crippen MR) is 117 cm³/mol. The summed E-state index contributed by atoms with van der Waals surface area (Å²) in [4.78, 5) is 40.4. The smallest absolute Gasteiger partial charge is 0.306 e. The van der Waals surface area contributed by atoms with E-state index in [-0.39, 0.29) is 31.6 Å². The third-order valence-electron chi connectivity index (χ3n) is 4.52. The molecule has 0 N–H and O–H groups in total. The molecule has 0 aliphatic carbocycles. The molecule has 0 radical (unpaired) electrons. The van der Waals surface area contributed by atoms with Gasteiger partial charge in [-0.1, -0.05) is 6.07 Å². The molecule has 0 spiro atoms. The summed E-state index contributed by atoms with van der Waals surface area (Å²) in [7, 11) is 0. The van der Waals surface area contributed by atoms with Gasteiger partial charge in [0.2, 0.25) is 0 Å². The molecule has 1 aromatic heterocycles. The lowest BCUT2D eigenvalue weighted by molar-refractivity contribution is -0.147. The Morgan fingerprint density at radius 2 is 1.70 bits per heavy atom. The molecule has 0 unspecified atom stereocenters. The van der Waals surface area contributed by atoms with Gasteiger partial charge in [0.1, 0.15) is 0 Å². The Labute approximate surface area is 181 Å². The Balaban J connectivity index is 1.94. The second-order valence-corrected chi connectivity index (χ2v) is 8.67. The van der Waals surface area contributed by atoms with Crippen molar-refractivity contribution in [1.29, 1.82) is 5.26 Å². The second-order valence-electron chi connectivity index (χ2n) is 7.21. The fourth-order valence-electron chi connectivity index (χ4n) is 3.22. The summed E-state index contributed by atoms with van der Waals surface area (Å²) in [5, 5.41) is 8.90. The minimum absolute atomic E-state index is 0.0409. The maximum absolute atomic E-state index is 12.7. The molecule has 0 aliphatic heterocycles. The third-order valence-corrected chi connectivity index (χ3v) is 5.49. The average molecular weight is 427 g/mol. The second kappa shape index (κ2) is 10.7. The molecule has 0 saturated carbocycles. The molecule has 6 nitrogen and oxygen atoms in total. The number of Topliss-reactive ketones (excluding diaryl/α,β-unsaturated/α-hetero) is 1. The van der Waals surface area contributed by atoms with Gasteiger partial charge in [-0.2, -0.15) is 5.26 Å². The van der Waals surface area contributed by atoms with Crippen molar-refractivity contribution in [3.8, 4) is 6.07 Å². The van der Waals surface area contributed by atoms with E-state index < -0.39 is 18.5 Å². The highest BCUT2D eigenvalue weighted by molar-refractivity contribution is 7.12. The summed E-state index contributed by atoms with van der Waals surface area (Å²) in [5.74, 6) is -1.10. The van der Waals surface area contributed by atoms with Crippen LogP contribution < -0.4 is 4.90 Å². The predicted octanol–water partition coefficient (Wildman–Crippen LogP) is 4.43. The topological polar surface area (TPSA) is 87.5 Å². The molecule has 0 saturated heterocycles. The Kier molecular flexibility index (Phi) is 8.31. The number of nitriles is 1. The van der Waals surface area contributed by atoms with Crippen LogP contribution in [0.2, 0.25) is 0 Å².